The maximum absolute atomic E-state index is 12.9. The summed E-state index contributed by atoms with van der Waals surface area (Å²) in [5, 5.41) is 10.6. The van der Waals surface area contributed by atoms with Crippen molar-refractivity contribution in [3.8, 4) is 0 Å². The Morgan fingerprint density at radius 3 is 2.27 bits per heavy atom. The molecule has 0 aromatic heterocycles. The predicted molar refractivity (Wildman–Crippen MR) is 97.2 cm³/mol. The van der Waals surface area contributed by atoms with Gasteiger partial charge < -0.3 is 5.11 Å². The normalized spacial score (nSPS) is 52.5. The van der Waals surface area contributed by atoms with Gasteiger partial charge in [-0.05, 0) is 53.8 Å². The van der Waals surface area contributed by atoms with E-state index in [1.807, 2.05) is 13.0 Å². The lowest BCUT2D eigenvalue weighted by Gasteiger charge is -2.67. The topological polar surface area (TPSA) is 71.4 Å². The molecule has 26 heavy (non-hydrogen) atoms. The Kier molecular flexibility index (Phi) is 3.44. The summed E-state index contributed by atoms with van der Waals surface area (Å²) in [6, 6.07) is 0. The molecule has 4 nitrogen and oxygen atoms in total. The van der Waals surface area contributed by atoms with E-state index in [0.29, 0.717) is 5.92 Å². The molecule has 0 aliphatic heterocycles. The third-order valence-electron chi connectivity index (χ3n) is 9.35. The van der Waals surface area contributed by atoms with Crippen LogP contribution in [0.2, 0.25) is 0 Å². The Bertz CT molecular complexity index is 749. The Labute approximate surface area is 155 Å². The first-order valence-electron chi connectivity index (χ1n) is 9.91. The van der Waals surface area contributed by atoms with Crippen LogP contribution < -0.4 is 0 Å². The van der Waals surface area contributed by atoms with Crippen LogP contribution in [0.1, 0.15) is 60.3 Å². The van der Waals surface area contributed by atoms with Crippen LogP contribution in [-0.4, -0.2) is 28.6 Å². The van der Waals surface area contributed by atoms with Gasteiger partial charge in [0.2, 0.25) is 11.6 Å². The molecule has 1 unspecified atom stereocenters. The van der Waals surface area contributed by atoms with E-state index in [4.69, 9.17) is 0 Å². The summed E-state index contributed by atoms with van der Waals surface area (Å²) in [5.41, 5.74) is -1.57. The number of ketones is 3. The summed E-state index contributed by atoms with van der Waals surface area (Å²) >= 11 is 0. The number of allylic oxidation sites excluding steroid dienone is 2. The molecule has 7 atom stereocenters. The minimum absolute atomic E-state index is 0.0465. The summed E-state index contributed by atoms with van der Waals surface area (Å²) in [7, 11) is 0. The molecular weight excluding hydrogens is 328 g/mol. The number of carbonyl (C=O) groups excluding carboxylic acids is 3. The Morgan fingerprint density at radius 2 is 1.62 bits per heavy atom. The van der Waals surface area contributed by atoms with E-state index in [1.54, 1.807) is 0 Å². The molecule has 3 fully saturated rings. The Hall–Kier alpha value is -1.29. The van der Waals surface area contributed by atoms with Gasteiger partial charge >= 0.3 is 0 Å². The second kappa shape index (κ2) is 4.95. The lowest BCUT2D eigenvalue weighted by atomic mass is 9.37. The molecule has 0 amide bonds. The van der Waals surface area contributed by atoms with E-state index in [2.05, 4.69) is 33.8 Å². The monoisotopic (exact) mass is 358 g/mol. The average Bonchev–Trinajstić information content (AvgIpc) is 2.74. The van der Waals surface area contributed by atoms with Gasteiger partial charge in [-0.15, -0.1) is 0 Å². The van der Waals surface area contributed by atoms with Crippen LogP contribution in [0, 0.1) is 39.4 Å². The molecule has 1 N–H and O–H groups in total. The standard InChI is InChI=1S/C22H30O4/c1-19(2)13-8-11-21(4)14(20(13,3)10-9-15(19)23)7-6-12-16(24)17(25)18(26)22(12,21)5/h6-7,12-15,23H,8-11H2,1-5H3/t12?,13-,14+,15-,20-,21+,22-/m0/s1. The summed E-state index contributed by atoms with van der Waals surface area (Å²) in [6.07, 6.45) is 7.06. The fourth-order valence-electron chi connectivity index (χ4n) is 7.50. The van der Waals surface area contributed by atoms with E-state index in [0.717, 1.165) is 25.7 Å². The molecule has 0 heterocycles. The van der Waals surface area contributed by atoms with E-state index < -0.39 is 34.1 Å². The van der Waals surface area contributed by atoms with E-state index in [9.17, 15) is 19.5 Å². The lowest BCUT2D eigenvalue weighted by molar-refractivity contribution is -0.191. The van der Waals surface area contributed by atoms with E-state index in [1.165, 1.54) is 0 Å². The van der Waals surface area contributed by atoms with Gasteiger partial charge in [0, 0.05) is 0 Å². The number of aliphatic hydroxyl groups excluding tert-OH is 1. The highest BCUT2D eigenvalue weighted by Gasteiger charge is 2.72. The zero-order valence-electron chi connectivity index (χ0n) is 16.5. The molecule has 0 bridgehead atoms. The molecular formula is C22H30O4. The van der Waals surface area contributed by atoms with Gasteiger partial charge in [0.25, 0.3) is 5.78 Å². The zero-order chi connectivity index (χ0) is 19.3. The number of hydrogen-bond acceptors (Lipinski definition) is 4. The van der Waals surface area contributed by atoms with Crippen molar-refractivity contribution < 1.29 is 19.5 Å². The van der Waals surface area contributed by atoms with Crippen LogP contribution in [0.5, 0.6) is 0 Å². The molecule has 4 heteroatoms. The molecule has 0 aromatic rings. The van der Waals surface area contributed by atoms with Crippen LogP contribution in [-0.2, 0) is 14.4 Å². The highest BCUT2D eigenvalue weighted by molar-refractivity contribution is 6.69. The van der Waals surface area contributed by atoms with Gasteiger partial charge in [0.1, 0.15) is 0 Å². The molecule has 0 spiro atoms. The van der Waals surface area contributed by atoms with Crippen molar-refractivity contribution >= 4 is 17.3 Å². The minimum Gasteiger partial charge on any atom is -0.393 e. The SMILES string of the molecule is CC1(C)[C@@H](O)CC[C@]2(C)[C@H]3C=CC4C(=O)C(=O)C(=O)[C@@]4(C)[C@]3(C)CC[C@@H]12. The van der Waals surface area contributed by atoms with Crippen LogP contribution in [0.4, 0.5) is 0 Å². The second-order valence-corrected chi connectivity index (χ2v) is 10.5. The van der Waals surface area contributed by atoms with Crippen molar-refractivity contribution in [2.45, 2.75) is 66.4 Å². The van der Waals surface area contributed by atoms with Gasteiger partial charge in [-0.2, -0.15) is 0 Å². The number of aliphatic hydroxyl groups is 1. The smallest absolute Gasteiger partial charge is 0.265 e. The summed E-state index contributed by atoms with van der Waals surface area (Å²) < 4.78 is 0. The quantitative estimate of drug-likeness (QED) is 0.533. The minimum atomic E-state index is -0.936. The van der Waals surface area contributed by atoms with Crippen LogP contribution in [0.25, 0.3) is 0 Å². The number of carbonyl (C=O) groups is 3. The van der Waals surface area contributed by atoms with Gasteiger partial charge in [0.05, 0.1) is 17.4 Å². The van der Waals surface area contributed by atoms with E-state index >= 15 is 0 Å². The van der Waals surface area contributed by atoms with Crippen molar-refractivity contribution in [3.05, 3.63) is 12.2 Å². The van der Waals surface area contributed by atoms with Crippen LogP contribution in [0.3, 0.4) is 0 Å². The summed E-state index contributed by atoms with van der Waals surface area (Å²) in [5.74, 6) is -1.95. The van der Waals surface area contributed by atoms with Gasteiger partial charge in [-0.3, -0.25) is 14.4 Å². The van der Waals surface area contributed by atoms with Crippen LogP contribution in [0.15, 0.2) is 12.2 Å². The molecule has 142 valence electrons. The lowest BCUT2D eigenvalue weighted by Crippen LogP contribution is -2.63. The molecule has 3 saturated carbocycles. The second-order valence-electron chi connectivity index (χ2n) is 10.5. The fourth-order valence-corrected chi connectivity index (χ4v) is 7.50. The summed E-state index contributed by atoms with van der Waals surface area (Å²) in [4.78, 5) is 37.6. The van der Waals surface area contributed by atoms with Crippen molar-refractivity contribution in [1.82, 2.24) is 0 Å². The third kappa shape index (κ3) is 1.73. The molecule has 0 radical (unpaired) electrons. The number of Topliss-reactive ketones (excluding diaryl/α,β-unsaturated/α-hetero) is 3. The van der Waals surface area contributed by atoms with Crippen molar-refractivity contribution in [3.63, 3.8) is 0 Å². The molecule has 4 aliphatic rings. The van der Waals surface area contributed by atoms with Crippen molar-refractivity contribution in [2.75, 3.05) is 0 Å². The van der Waals surface area contributed by atoms with Crippen molar-refractivity contribution in [1.29, 1.82) is 0 Å². The Balaban J connectivity index is 1.86. The zero-order valence-corrected chi connectivity index (χ0v) is 16.5. The predicted octanol–water partition coefficient (Wildman–Crippen LogP) is 3.12. The first-order valence-corrected chi connectivity index (χ1v) is 9.91. The summed E-state index contributed by atoms with van der Waals surface area (Å²) in [6.45, 7) is 10.6. The van der Waals surface area contributed by atoms with E-state index in [-0.39, 0.29) is 22.9 Å². The maximum Gasteiger partial charge on any atom is 0.265 e. The number of fused-ring (bicyclic) bond motifs is 5. The van der Waals surface area contributed by atoms with Gasteiger partial charge in [-0.25, -0.2) is 0 Å². The van der Waals surface area contributed by atoms with Crippen molar-refractivity contribution in [2.24, 2.45) is 39.4 Å². The number of hydrogen-bond donors (Lipinski definition) is 1. The first kappa shape index (κ1) is 18.1. The van der Waals surface area contributed by atoms with Gasteiger partial charge in [0.15, 0.2) is 0 Å². The molecule has 4 rings (SSSR count). The highest BCUT2D eigenvalue weighted by Crippen LogP contribution is 2.71. The highest BCUT2D eigenvalue weighted by atomic mass is 16.3. The van der Waals surface area contributed by atoms with Crippen LogP contribution >= 0.6 is 0 Å². The average molecular weight is 358 g/mol. The molecule has 0 saturated heterocycles. The van der Waals surface area contributed by atoms with Gasteiger partial charge in [-0.1, -0.05) is 46.8 Å². The first-order chi connectivity index (χ1) is 11.9. The Morgan fingerprint density at radius 1 is 0.962 bits per heavy atom. The number of rotatable bonds is 0. The maximum atomic E-state index is 12.9. The largest absolute Gasteiger partial charge is 0.393 e. The fraction of sp³-hybridized carbons (Fsp3) is 0.773. The third-order valence-corrected chi connectivity index (χ3v) is 9.35. The molecule has 4 aliphatic carbocycles. The molecule has 0 aromatic carbocycles.